The van der Waals surface area contributed by atoms with Gasteiger partial charge in [-0.05, 0) is 18.9 Å². The molecule has 7 nitrogen and oxygen atoms in total. The van der Waals surface area contributed by atoms with Crippen LogP contribution in [-0.4, -0.2) is 42.5 Å². The zero-order valence-corrected chi connectivity index (χ0v) is 12.2. The van der Waals surface area contributed by atoms with Gasteiger partial charge in [-0.3, -0.25) is 20.2 Å². The quantitative estimate of drug-likeness (QED) is 0.486. The number of benzene rings is 1. The van der Waals surface area contributed by atoms with Crippen LogP contribution in [0.2, 0.25) is 0 Å². The number of nitrogens with zero attached hydrogens (tertiary/aromatic N) is 2. The molecule has 1 amide bonds. The maximum Gasteiger partial charge on any atom is 0.272 e. The molecule has 1 atom stereocenters. The van der Waals surface area contributed by atoms with Crippen LogP contribution >= 0.6 is 0 Å². The van der Waals surface area contributed by atoms with Crippen LogP contribution in [0.15, 0.2) is 18.2 Å². The van der Waals surface area contributed by atoms with E-state index >= 15 is 0 Å². The largest absolute Gasteiger partial charge is 0.385 e. The second kappa shape index (κ2) is 6.64. The number of methoxy groups -OCH3 is 1. The topological polar surface area (TPSA) is 84.7 Å². The normalized spacial score (nSPS) is 18.3. The van der Waals surface area contributed by atoms with E-state index in [0.717, 1.165) is 12.0 Å². The van der Waals surface area contributed by atoms with E-state index in [9.17, 15) is 14.9 Å². The summed E-state index contributed by atoms with van der Waals surface area (Å²) >= 11 is 0. The van der Waals surface area contributed by atoms with Gasteiger partial charge in [-0.15, -0.1) is 0 Å². The molecule has 1 fully saturated rings. The van der Waals surface area contributed by atoms with Crippen molar-refractivity contribution in [2.24, 2.45) is 0 Å². The van der Waals surface area contributed by atoms with E-state index < -0.39 is 4.92 Å². The van der Waals surface area contributed by atoms with Crippen LogP contribution in [0.4, 0.5) is 5.69 Å². The highest BCUT2D eigenvalue weighted by Gasteiger charge is 2.32. The summed E-state index contributed by atoms with van der Waals surface area (Å²) in [6.07, 6.45) is 0.419. The van der Waals surface area contributed by atoms with Crippen molar-refractivity contribution in [1.82, 2.24) is 10.2 Å². The summed E-state index contributed by atoms with van der Waals surface area (Å²) in [6.45, 7) is 3.08. The Hall–Kier alpha value is -1.99. The van der Waals surface area contributed by atoms with Crippen LogP contribution in [-0.2, 0) is 9.53 Å². The van der Waals surface area contributed by atoms with Crippen molar-refractivity contribution in [3.05, 3.63) is 39.4 Å². The van der Waals surface area contributed by atoms with E-state index in [4.69, 9.17) is 4.74 Å². The predicted octanol–water partition coefficient (Wildman–Crippen LogP) is 1.37. The third-order valence-corrected chi connectivity index (χ3v) is 3.57. The average molecular weight is 293 g/mol. The number of carbonyl (C=O) groups excluding carboxylic acids is 1. The fourth-order valence-electron chi connectivity index (χ4n) is 2.46. The highest BCUT2D eigenvalue weighted by molar-refractivity contribution is 5.81. The zero-order chi connectivity index (χ0) is 15.4. The van der Waals surface area contributed by atoms with Crippen molar-refractivity contribution in [2.45, 2.75) is 19.5 Å². The fourth-order valence-corrected chi connectivity index (χ4v) is 2.46. The number of nitrogens with one attached hydrogen (secondary N) is 1. The maximum atomic E-state index is 11.9. The van der Waals surface area contributed by atoms with Gasteiger partial charge in [0.2, 0.25) is 5.91 Å². The fraction of sp³-hybridized carbons (Fsp3) is 0.500. The molecule has 0 saturated carbocycles. The van der Waals surface area contributed by atoms with Crippen molar-refractivity contribution in [1.29, 1.82) is 0 Å². The molecule has 1 N–H and O–H groups in total. The monoisotopic (exact) mass is 293 g/mol. The number of hydrogen-bond acceptors (Lipinski definition) is 5. The summed E-state index contributed by atoms with van der Waals surface area (Å²) in [5.41, 5.74) is 1.42. The van der Waals surface area contributed by atoms with Gasteiger partial charge in [0.25, 0.3) is 5.69 Å². The Morgan fingerprint density at radius 1 is 1.52 bits per heavy atom. The van der Waals surface area contributed by atoms with E-state index in [1.54, 1.807) is 25.0 Å². The molecule has 1 heterocycles. The number of amides is 1. The Morgan fingerprint density at radius 2 is 2.29 bits per heavy atom. The van der Waals surface area contributed by atoms with Gasteiger partial charge in [0, 0.05) is 31.9 Å². The summed E-state index contributed by atoms with van der Waals surface area (Å²) in [7, 11) is 1.62. The van der Waals surface area contributed by atoms with Crippen LogP contribution in [0, 0.1) is 17.0 Å². The minimum absolute atomic E-state index is 0.000619. The smallest absolute Gasteiger partial charge is 0.272 e. The lowest BCUT2D eigenvalue weighted by Crippen LogP contribution is -2.31. The van der Waals surface area contributed by atoms with Gasteiger partial charge in [-0.25, -0.2) is 0 Å². The van der Waals surface area contributed by atoms with Crippen LogP contribution < -0.4 is 5.32 Å². The summed E-state index contributed by atoms with van der Waals surface area (Å²) in [5.74, 6) is -0.000619. The molecule has 1 aromatic rings. The van der Waals surface area contributed by atoms with Crippen LogP contribution in [0.5, 0.6) is 0 Å². The van der Waals surface area contributed by atoms with Crippen LogP contribution in [0.1, 0.15) is 23.7 Å². The molecule has 0 spiro atoms. The number of nitro groups is 1. The molecule has 0 aromatic heterocycles. The minimum Gasteiger partial charge on any atom is -0.385 e. The van der Waals surface area contributed by atoms with Gasteiger partial charge in [-0.1, -0.05) is 12.1 Å². The van der Waals surface area contributed by atoms with Crippen molar-refractivity contribution in [3.63, 3.8) is 0 Å². The Kier molecular flexibility index (Phi) is 4.87. The molecule has 1 saturated heterocycles. The van der Waals surface area contributed by atoms with Crippen molar-refractivity contribution in [2.75, 3.05) is 26.8 Å². The Labute approximate surface area is 123 Å². The summed E-state index contributed by atoms with van der Waals surface area (Å²) in [5, 5.41) is 14.1. The van der Waals surface area contributed by atoms with Crippen molar-refractivity contribution in [3.8, 4) is 0 Å². The molecule has 114 valence electrons. The first-order valence-corrected chi connectivity index (χ1v) is 6.81. The van der Waals surface area contributed by atoms with Gasteiger partial charge in [0.15, 0.2) is 0 Å². The van der Waals surface area contributed by atoms with E-state index in [-0.39, 0.29) is 24.3 Å². The molecule has 21 heavy (non-hydrogen) atoms. The van der Waals surface area contributed by atoms with Crippen LogP contribution in [0.3, 0.4) is 0 Å². The van der Waals surface area contributed by atoms with Crippen molar-refractivity contribution >= 4 is 11.6 Å². The number of hydrogen-bond donors (Lipinski definition) is 1. The maximum absolute atomic E-state index is 11.9. The molecule has 1 unspecified atom stereocenters. The Morgan fingerprint density at radius 3 is 2.95 bits per heavy atom. The minimum atomic E-state index is -0.398. The summed E-state index contributed by atoms with van der Waals surface area (Å²) < 4.78 is 5.00. The highest BCUT2D eigenvalue weighted by atomic mass is 16.6. The third kappa shape index (κ3) is 3.37. The lowest BCUT2D eigenvalue weighted by Gasteiger charge is -2.24. The lowest BCUT2D eigenvalue weighted by molar-refractivity contribution is -0.385. The first-order chi connectivity index (χ1) is 10.0. The predicted molar refractivity (Wildman–Crippen MR) is 76.8 cm³/mol. The average Bonchev–Trinajstić information content (AvgIpc) is 2.81. The number of ether oxygens (including phenoxy) is 1. The standard InChI is InChI=1S/C14H19N3O4/c1-10-4-5-11(8-12(10)17(19)20)14-15-9-13(18)16(14)6-3-7-21-2/h4-5,8,14-15H,3,6-7,9H2,1-2H3. The van der Waals surface area contributed by atoms with E-state index in [1.807, 2.05) is 6.07 Å². The number of rotatable bonds is 6. The highest BCUT2D eigenvalue weighted by Crippen LogP contribution is 2.27. The molecule has 1 aromatic carbocycles. The number of aryl methyl sites for hydroxylation is 1. The Balaban J connectivity index is 2.21. The van der Waals surface area contributed by atoms with Crippen molar-refractivity contribution < 1.29 is 14.5 Å². The molecule has 7 heteroatoms. The van der Waals surface area contributed by atoms with Gasteiger partial charge < -0.3 is 9.64 Å². The molecule has 0 bridgehead atoms. The SMILES string of the molecule is COCCCN1C(=O)CNC1c1ccc(C)c([N+](=O)[O-])c1. The van der Waals surface area contributed by atoms with Gasteiger partial charge in [-0.2, -0.15) is 0 Å². The lowest BCUT2D eigenvalue weighted by atomic mass is 10.1. The summed E-state index contributed by atoms with van der Waals surface area (Å²) in [4.78, 5) is 24.3. The van der Waals surface area contributed by atoms with Gasteiger partial charge in [0.05, 0.1) is 11.5 Å². The van der Waals surface area contributed by atoms with Crippen LogP contribution in [0.25, 0.3) is 0 Å². The molecule has 1 aliphatic rings. The zero-order valence-electron chi connectivity index (χ0n) is 12.2. The summed E-state index contributed by atoms with van der Waals surface area (Å²) in [6, 6.07) is 5.07. The number of carbonyl (C=O) groups is 1. The van der Waals surface area contributed by atoms with E-state index in [2.05, 4.69) is 5.32 Å². The molecule has 0 radical (unpaired) electrons. The second-order valence-electron chi connectivity index (χ2n) is 5.02. The van der Waals surface area contributed by atoms with E-state index in [1.165, 1.54) is 6.07 Å². The van der Waals surface area contributed by atoms with E-state index in [0.29, 0.717) is 18.7 Å². The molecule has 0 aliphatic carbocycles. The Bertz CT molecular complexity index is 547. The molecule has 1 aliphatic heterocycles. The number of nitro benzene ring substituents is 1. The molecular formula is C14H19N3O4. The van der Waals surface area contributed by atoms with Gasteiger partial charge in [0.1, 0.15) is 6.17 Å². The van der Waals surface area contributed by atoms with Gasteiger partial charge >= 0.3 is 0 Å². The second-order valence-corrected chi connectivity index (χ2v) is 5.02. The first kappa shape index (κ1) is 15.4. The molecular weight excluding hydrogens is 274 g/mol. The first-order valence-electron chi connectivity index (χ1n) is 6.81. The third-order valence-electron chi connectivity index (χ3n) is 3.57. The molecule has 2 rings (SSSR count).